The number of nitrogen functional groups attached to an aromatic ring is 1. The maximum Gasteiger partial charge on any atom is 0.164 e. The molecule has 0 saturated heterocycles. The fraction of sp³-hybridized carbons (Fsp3) is 0.278. The molecule has 0 aliphatic heterocycles. The van der Waals surface area contributed by atoms with Crippen LogP contribution in [0.5, 0.6) is 0 Å². The predicted octanol–water partition coefficient (Wildman–Crippen LogP) is 2.97. The van der Waals surface area contributed by atoms with E-state index in [1.807, 2.05) is 22.9 Å². The molecule has 3 aromatic rings. The molecule has 0 radical (unpaired) electrons. The van der Waals surface area contributed by atoms with Gasteiger partial charge in [0.25, 0.3) is 0 Å². The minimum absolute atomic E-state index is 0.251. The summed E-state index contributed by atoms with van der Waals surface area (Å²) < 4.78 is 7.90. The van der Waals surface area contributed by atoms with E-state index in [1.54, 1.807) is 6.08 Å². The lowest BCUT2D eigenvalue weighted by atomic mass is 9.89. The molecule has 1 aromatic carbocycles. The van der Waals surface area contributed by atoms with Crippen molar-refractivity contribution in [1.29, 1.82) is 0 Å². The molecule has 4 rings (SSSR count). The molecular weight excluding hydrogens is 302 g/mol. The van der Waals surface area contributed by atoms with Gasteiger partial charge in [0.2, 0.25) is 0 Å². The van der Waals surface area contributed by atoms with E-state index in [1.165, 1.54) is 11.9 Å². The van der Waals surface area contributed by atoms with Crippen molar-refractivity contribution in [2.45, 2.75) is 31.6 Å². The zero-order valence-corrected chi connectivity index (χ0v) is 13.3. The van der Waals surface area contributed by atoms with Gasteiger partial charge in [0.05, 0.1) is 29.8 Å². The van der Waals surface area contributed by atoms with Gasteiger partial charge >= 0.3 is 0 Å². The normalized spacial score (nSPS) is 20.0. The molecule has 0 spiro atoms. The molecule has 1 fully saturated rings. The van der Waals surface area contributed by atoms with Crippen molar-refractivity contribution in [3.8, 4) is 0 Å². The van der Waals surface area contributed by atoms with Gasteiger partial charge in [0, 0.05) is 0 Å². The second kappa shape index (κ2) is 6.05. The summed E-state index contributed by atoms with van der Waals surface area (Å²) in [5.41, 5.74) is 8.66. The number of hydrogen-bond donors (Lipinski definition) is 1. The van der Waals surface area contributed by atoms with Gasteiger partial charge in [-0.05, 0) is 24.5 Å². The third-order valence-electron chi connectivity index (χ3n) is 4.48. The van der Waals surface area contributed by atoms with Gasteiger partial charge in [-0.2, -0.15) is 5.10 Å². The average molecular weight is 321 g/mol. The molecule has 6 heteroatoms. The van der Waals surface area contributed by atoms with Gasteiger partial charge in [0.1, 0.15) is 12.1 Å². The Morgan fingerprint density at radius 2 is 2.04 bits per heavy atom. The van der Waals surface area contributed by atoms with Crippen LogP contribution in [0.1, 0.15) is 30.1 Å². The van der Waals surface area contributed by atoms with Crippen LogP contribution in [-0.4, -0.2) is 25.9 Å². The molecule has 2 heterocycles. The van der Waals surface area contributed by atoms with Crippen molar-refractivity contribution in [3.63, 3.8) is 0 Å². The van der Waals surface area contributed by atoms with E-state index in [0.717, 1.165) is 29.6 Å². The van der Waals surface area contributed by atoms with Crippen LogP contribution in [0.25, 0.3) is 17.1 Å². The van der Waals surface area contributed by atoms with Crippen LogP contribution in [0.4, 0.5) is 5.82 Å². The Morgan fingerprint density at radius 1 is 1.25 bits per heavy atom. The first kappa shape index (κ1) is 14.8. The second-order valence-corrected chi connectivity index (χ2v) is 6.04. The summed E-state index contributed by atoms with van der Waals surface area (Å²) in [6, 6.07) is 10.5. The fourth-order valence-corrected chi connectivity index (χ4v) is 3.08. The maximum atomic E-state index is 5.97. The third kappa shape index (κ3) is 2.55. The summed E-state index contributed by atoms with van der Waals surface area (Å²) >= 11 is 0. The number of rotatable bonds is 5. The van der Waals surface area contributed by atoms with Crippen molar-refractivity contribution in [2.24, 2.45) is 0 Å². The molecule has 24 heavy (non-hydrogen) atoms. The quantitative estimate of drug-likeness (QED) is 0.781. The Morgan fingerprint density at radius 3 is 2.79 bits per heavy atom. The summed E-state index contributed by atoms with van der Waals surface area (Å²) in [4.78, 5) is 8.40. The number of hydrogen-bond acceptors (Lipinski definition) is 5. The highest BCUT2D eigenvalue weighted by Gasteiger charge is 2.34. The first-order valence-electron chi connectivity index (χ1n) is 8.03. The zero-order chi connectivity index (χ0) is 16.5. The molecular formula is C18H19N5O. The number of fused-ring (bicyclic) bond motifs is 1. The topological polar surface area (TPSA) is 78.8 Å². The predicted molar refractivity (Wildman–Crippen MR) is 93.1 cm³/mol. The Labute approximate surface area is 140 Å². The average Bonchev–Trinajstić information content (AvgIpc) is 2.94. The van der Waals surface area contributed by atoms with E-state index in [2.05, 4.69) is 33.8 Å². The molecule has 2 N–H and O–H groups in total. The largest absolute Gasteiger partial charge is 0.383 e. The first-order chi connectivity index (χ1) is 11.8. The Bertz CT molecular complexity index is 868. The number of nitrogens with zero attached hydrogens (tertiary/aromatic N) is 4. The molecule has 1 aliphatic rings. The van der Waals surface area contributed by atoms with Gasteiger partial charge < -0.3 is 10.5 Å². The Hall–Kier alpha value is -2.73. The van der Waals surface area contributed by atoms with Gasteiger partial charge in [-0.3, -0.25) is 0 Å². The summed E-state index contributed by atoms with van der Waals surface area (Å²) in [6.45, 7) is 4.45. The SMILES string of the molecule is C=Cc1nn(C2CC(OCc3ccccc3)C2)c2ncnc(N)c12. The van der Waals surface area contributed by atoms with Crippen LogP contribution < -0.4 is 5.73 Å². The Kier molecular flexibility index (Phi) is 3.74. The smallest absolute Gasteiger partial charge is 0.164 e. The first-order valence-corrected chi connectivity index (χ1v) is 8.03. The lowest BCUT2D eigenvalue weighted by Gasteiger charge is -2.35. The lowest BCUT2D eigenvalue weighted by molar-refractivity contribution is -0.0374. The Balaban J connectivity index is 1.46. The summed E-state index contributed by atoms with van der Waals surface area (Å²) in [7, 11) is 0. The van der Waals surface area contributed by atoms with Crippen molar-refractivity contribution in [3.05, 3.63) is 54.5 Å². The van der Waals surface area contributed by atoms with Gasteiger partial charge in [0.15, 0.2) is 5.65 Å². The van der Waals surface area contributed by atoms with E-state index in [9.17, 15) is 0 Å². The molecule has 6 nitrogen and oxygen atoms in total. The molecule has 0 amide bonds. The van der Waals surface area contributed by atoms with Crippen molar-refractivity contribution in [2.75, 3.05) is 5.73 Å². The van der Waals surface area contributed by atoms with E-state index in [0.29, 0.717) is 12.4 Å². The minimum atomic E-state index is 0.251. The summed E-state index contributed by atoms with van der Waals surface area (Å²) in [6.07, 6.45) is 5.26. The highest BCUT2D eigenvalue weighted by Crippen LogP contribution is 2.37. The van der Waals surface area contributed by atoms with Crippen LogP contribution in [0.15, 0.2) is 43.2 Å². The molecule has 0 bridgehead atoms. The van der Waals surface area contributed by atoms with Crippen LogP contribution in [0.3, 0.4) is 0 Å². The molecule has 0 unspecified atom stereocenters. The van der Waals surface area contributed by atoms with Crippen molar-refractivity contribution < 1.29 is 4.74 Å². The van der Waals surface area contributed by atoms with Crippen LogP contribution in [0.2, 0.25) is 0 Å². The van der Waals surface area contributed by atoms with Gasteiger partial charge in [-0.15, -0.1) is 0 Å². The third-order valence-corrected chi connectivity index (χ3v) is 4.48. The maximum absolute atomic E-state index is 5.97. The number of ether oxygens (including phenoxy) is 1. The number of aromatic nitrogens is 4. The van der Waals surface area contributed by atoms with E-state index in [4.69, 9.17) is 10.5 Å². The zero-order valence-electron chi connectivity index (χ0n) is 13.3. The van der Waals surface area contributed by atoms with Gasteiger partial charge in [-0.1, -0.05) is 36.9 Å². The van der Waals surface area contributed by atoms with Crippen molar-refractivity contribution >= 4 is 22.9 Å². The highest BCUT2D eigenvalue weighted by molar-refractivity contribution is 5.92. The van der Waals surface area contributed by atoms with Crippen LogP contribution in [-0.2, 0) is 11.3 Å². The second-order valence-electron chi connectivity index (χ2n) is 6.04. The van der Waals surface area contributed by atoms with Crippen molar-refractivity contribution in [1.82, 2.24) is 19.7 Å². The van der Waals surface area contributed by atoms with E-state index < -0.39 is 0 Å². The highest BCUT2D eigenvalue weighted by atomic mass is 16.5. The molecule has 0 atom stereocenters. The number of anilines is 1. The van der Waals surface area contributed by atoms with Gasteiger partial charge in [-0.25, -0.2) is 14.6 Å². The van der Waals surface area contributed by atoms with Crippen LogP contribution >= 0.6 is 0 Å². The number of benzene rings is 1. The fourth-order valence-electron chi connectivity index (χ4n) is 3.08. The lowest BCUT2D eigenvalue weighted by Crippen LogP contribution is -2.34. The molecule has 1 aliphatic carbocycles. The van der Waals surface area contributed by atoms with E-state index >= 15 is 0 Å². The monoisotopic (exact) mass is 321 g/mol. The molecule has 122 valence electrons. The standard InChI is InChI=1S/C18H19N5O/c1-2-15-16-17(19)20-11-21-18(16)23(22-15)13-8-14(9-13)24-10-12-6-4-3-5-7-12/h2-7,11,13-14H,1,8-10H2,(H2,19,20,21). The minimum Gasteiger partial charge on any atom is -0.383 e. The van der Waals surface area contributed by atoms with E-state index in [-0.39, 0.29) is 12.1 Å². The summed E-state index contributed by atoms with van der Waals surface area (Å²) in [5.74, 6) is 0.442. The molecule has 2 aromatic heterocycles. The number of nitrogens with two attached hydrogens (primary N) is 1. The summed E-state index contributed by atoms with van der Waals surface area (Å²) in [5, 5.41) is 5.38. The van der Waals surface area contributed by atoms with Crippen LogP contribution in [0, 0.1) is 0 Å². The molecule has 1 saturated carbocycles.